The Morgan fingerprint density at radius 3 is 2.30 bits per heavy atom. The highest BCUT2D eigenvalue weighted by Crippen LogP contribution is 2.45. The van der Waals surface area contributed by atoms with Gasteiger partial charge in [-0.05, 0) is 29.2 Å². The van der Waals surface area contributed by atoms with Crippen molar-refractivity contribution in [1.29, 1.82) is 0 Å². The number of rotatable bonds is 3. The van der Waals surface area contributed by atoms with Crippen molar-refractivity contribution in [3.05, 3.63) is 35.9 Å². The summed E-state index contributed by atoms with van der Waals surface area (Å²) in [7, 11) is 0. The van der Waals surface area contributed by atoms with E-state index >= 15 is 0 Å². The average Bonchev–Trinajstić information content (AvgIpc) is 3.12. The van der Waals surface area contributed by atoms with E-state index in [0.717, 1.165) is 25.7 Å². The van der Waals surface area contributed by atoms with E-state index in [-0.39, 0.29) is 28.8 Å². The van der Waals surface area contributed by atoms with Gasteiger partial charge in [0, 0.05) is 25.7 Å². The molecule has 2 atom stereocenters. The second kappa shape index (κ2) is 9.47. The average molecular weight is 419 g/mol. The van der Waals surface area contributed by atoms with Crippen LogP contribution in [0.1, 0.15) is 71.8 Å². The van der Waals surface area contributed by atoms with E-state index in [1.807, 2.05) is 18.2 Å². The molecule has 1 saturated heterocycles. The van der Waals surface area contributed by atoms with Crippen molar-refractivity contribution in [2.75, 3.05) is 13.2 Å². The van der Waals surface area contributed by atoms with Crippen LogP contribution in [0.5, 0.6) is 0 Å². The molecule has 5 nitrogen and oxygen atoms in total. The number of carbonyl (C=O) groups is 1. The van der Waals surface area contributed by atoms with Crippen molar-refractivity contribution < 1.29 is 24.1 Å². The van der Waals surface area contributed by atoms with Gasteiger partial charge in [-0.2, -0.15) is 0 Å². The van der Waals surface area contributed by atoms with Gasteiger partial charge in [-0.1, -0.05) is 58.0 Å². The molecule has 1 N–H and O–H groups in total. The molecule has 2 aliphatic carbocycles. The Morgan fingerprint density at radius 2 is 1.70 bits per heavy atom. The van der Waals surface area contributed by atoms with Crippen LogP contribution in [-0.2, 0) is 25.6 Å². The van der Waals surface area contributed by atoms with Gasteiger partial charge in [0.15, 0.2) is 5.79 Å². The molecular formula is C25H38O5. The minimum Gasteiger partial charge on any atom is -0.393 e. The highest BCUT2D eigenvalue weighted by molar-refractivity contribution is 5.80. The summed E-state index contributed by atoms with van der Waals surface area (Å²) in [5.41, 5.74) is 1.09. The third-order valence-electron chi connectivity index (χ3n) is 6.74. The Morgan fingerprint density at radius 1 is 1.03 bits per heavy atom. The summed E-state index contributed by atoms with van der Waals surface area (Å²) in [5.74, 6) is -0.00233. The normalized spacial score (nSPS) is 29.3. The topological polar surface area (TPSA) is 65.0 Å². The number of hydrogen-bond donors (Lipinski definition) is 1. The lowest BCUT2D eigenvalue weighted by Gasteiger charge is -2.44. The van der Waals surface area contributed by atoms with E-state index in [1.54, 1.807) is 0 Å². The van der Waals surface area contributed by atoms with Gasteiger partial charge >= 0.3 is 0 Å². The summed E-state index contributed by atoms with van der Waals surface area (Å²) in [6.07, 6.45) is 4.58. The molecule has 168 valence electrons. The molecule has 4 rings (SSSR count). The minimum absolute atomic E-state index is 0.0237. The van der Waals surface area contributed by atoms with E-state index in [9.17, 15) is 9.90 Å². The van der Waals surface area contributed by atoms with Gasteiger partial charge in [-0.25, -0.2) is 0 Å². The summed E-state index contributed by atoms with van der Waals surface area (Å²) in [5, 5.41) is 9.77. The molecule has 3 aliphatic rings. The highest BCUT2D eigenvalue weighted by Gasteiger charge is 2.48. The number of benzene rings is 1. The summed E-state index contributed by atoms with van der Waals surface area (Å²) in [6.45, 7) is 10.4. The Bertz CT molecular complexity index is 691. The molecule has 0 aromatic heterocycles. The molecule has 1 spiro atoms. The van der Waals surface area contributed by atoms with Crippen LogP contribution in [0, 0.1) is 10.8 Å². The molecule has 0 amide bonds. The molecule has 3 fully saturated rings. The first kappa shape index (κ1) is 23.4. The van der Waals surface area contributed by atoms with Gasteiger partial charge in [0.05, 0.1) is 32.0 Å². The SMILES string of the molecule is CC1(C)CC(=O)CCC1OCc1ccccc1.CC1(C)CC2(CCC1O)OCCO2. The maximum atomic E-state index is 11.4. The van der Waals surface area contributed by atoms with Gasteiger partial charge in [0.2, 0.25) is 0 Å². The third kappa shape index (κ3) is 5.91. The largest absolute Gasteiger partial charge is 0.393 e. The van der Waals surface area contributed by atoms with Gasteiger partial charge in [-0.3, -0.25) is 4.79 Å². The van der Waals surface area contributed by atoms with Crippen molar-refractivity contribution >= 4 is 5.78 Å². The first-order valence-corrected chi connectivity index (χ1v) is 11.3. The quantitative estimate of drug-likeness (QED) is 0.774. The van der Waals surface area contributed by atoms with E-state index in [2.05, 4.69) is 39.8 Å². The lowest BCUT2D eigenvalue weighted by molar-refractivity contribution is -0.217. The second-order valence-corrected chi connectivity index (χ2v) is 10.4. The molecular weight excluding hydrogens is 380 g/mol. The minimum atomic E-state index is -0.372. The molecule has 1 aromatic rings. The van der Waals surface area contributed by atoms with E-state index in [1.165, 1.54) is 5.56 Å². The number of carbonyl (C=O) groups excluding carboxylic acids is 1. The molecule has 0 radical (unpaired) electrons. The van der Waals surface area contributed by atoms with Crippen molar-refractivity contribution in [2.45, 2.75) is 90.8 Å². The summed E-state index contributed by atoms with van der Waals surface area (Å²) >= 11 is 0. The fourth-order valence-corrected chi connectivity index (χ4v) is 4.86. The van der Waals surface area contributed by atoms with E-state index < -0.39 is 0 Å². The number of ketones is 1. The van der Waals surface area contributed by atoms with Crippen LogP contribution in [0.25, 0.3) is 0 Å². The zero-order valence-corrected chi connectivity index (χ0v) is 19.0. The number of ether oxygens (including phenoxy) is 3. The van der Waals surface area contributed by atoms with Gasteiger partial charge in [0.25, 0.3) is 0 Å². The predicted molar refractivity (Wildman–Crippen MR) is 116 cm³/mol. The third-order valence-corrected chi connectivity index (χ3v) is 6.74. The molecule has 1 aliphatic heterocycles. The maximum Gasteiger partial charge on any atom is 0.169 e. The molecule has 1 aromatic carbocycles. The van der Waals surface area contributed by atoms with Crippen LogP contribution < -0.4 is 0 Å². The van der Waals surface area contributed by atoms with Crippen molar-refractivity contribution in [2.24, 2.45) is 10.8 Å². The van der Waals surface area contributed by atoms with E-state index in [4.69, 9.17) is 14.2 Å². The van der Waals surface area contributed by atoms with Crippen LogP contribution >= 0.6 is 0 Å². The lowest BCUT2D eigenvalue weighted by Crippen LogP contribution is -2.46. The van der Waals surface area contributed by atoms with Crippen LogP contribution in [0.2, 0.25) is 0 Å². The Labute approximate surface area is 181 Å². The van der Waals surface area contributed by atoms with Crippen molar-refractivity contribution in [3.8, 4) is 0 Å². The Balaban J connectivity index is 0.000000177. The first-order valence-electron chi connectivity index (χ1n) is 11.3. The Kier molecular flexibility index (Phi) is 7.39. The Hall–Kier alpha value is -1.27. The molecule has 1 heterocycles. The van der Waals surface area contributed by atoms with E-state index in [0.29, 0.717) is 38.4 Å². The molecule has 30 heavy (non-hydrogen) atoms. The summed E-state index contributed by atoms with van der Waals surface area (Å²) in [4.78, 5) is 11.4. The number of aliphatic hydroxyl groups is 1. The smallest absolute Gasteiger partial charge is 0.169 e. The summed E-state index contributed by atoms with van der Waals surface area (Å²) in [6, 6.07) is 10.2. The zero-order chi connectivity index (χ0) is 21.8. The molecule has 5 heteroatoms. The highest BCUT2D eigenvalue weighted by atomic mass is 16.7. The first-order chi connectivity index (χ1) is 14.1. The van der Waals surface area contributed by atoms with Gasteiger partial charge < -0.3 is 19.3 Å². The van der Waals surface area contributed by atoms with Crippen molar-refractivity contribution in [3.63, 3.8) is 0 Å². The second-order valence-electron chi connectivity index (χ2n) is 10.4. The molecule has 2 saturated carbocycles. The van der Waals surface area contributed by atoms with Gasteiger partial charge in [-0.15, -0.1) is 0 Å². The number of hydrogen-bond acceptors (Lipinski definition) is 5. The molecule has 0 bridgehead atoms. The lowest BCUT2D eigenvalue weighted by atomic mass is 9.72. The van der Waals surface area contributed by atoms with Crippen LogP contribution in [0.4, 0.5) is 0 Å². The fourth-order valence-electron chi connectivity index (χ4n) is 4.86. The van der Waals surface area contributed by atoms with Gasteiger partial charge in [0.1, 0.15) is 5.78 Å². The predicted octanol–water partition coefficient (Wildman–Crippen LogP) is 4.65. The number of aliphatic hydroxyl groups excluding tert-OH is 1. The monoisotopic (exact) mass is 418 g/mol. The maximum absolute atomic E-state index is 11.4. The fraction of sp³-hybridized carbons (Fsp3) is 0.720. The van der Waals surface area contributed by atoms with Crippen LogP contribution in [0.15, 0.2) is 30.3 Å². The standard InChI is InChI=1S/C15H20O2.C10H18O3/c1-15(2)10-13(16)8-9-14(15)17-11-12-6-4-3-5-7-12;1-9(2)7-10(4-3-8(9)11)12-5-6-13-10/h3-7,14H,8-11H2,1-2H3;8,11H,3-7H2,1-2H3. The zero-order valence-electron chi connectivity index (χ0n) is 19.0. The molecule has 2 unspecified atom stereocenters. The summed E-state index contributed by atoms with van der Waals surface area (Å²) < 4.78 is 17.2. The van der Waals surface area contributed by atoms with Crippen LogP contribution in [-0.4, -0.2) is 42.1 Å². The number of Topliss-reactive ketones (excluding diaryl/α,β-unsaturated/α-hetero) is 1. The van der Waals surface area contributed by atoms with Crippen molar-refractivity contribution in [1.82, 2.24) is 0 Å². The van der Waals surface area contributed by atoms with Crippen LogP contribution in [0.3, 0.4) is 0 Å².